The fourth-order valence-corrected chi connectivity index (χ4v) is 2.59. The van der Waals surface area contributed by atoms with Crippen LogP contribution in [0.4, 0.5) is 5.95 Å². The Kier molecular flexibility index (Phi) is 6.63. The number of unbranched alkanes of at least 4 members (excludes halogenated alkanes) is 2. The van der Waals surface area contributed by atoms with E-state index in [1.807, 2.05) is 0 Å². The molecule has 0 aliphatic rings. The molecule has 0 atom stereocenters. The zero-order valence-electron chi connectivity index (χ0n) is 16.6. The molecule has 8 heteroatoms. The summed E-state index contributed by atoms with van der Waals surface area (Å²) in [5.41, 5.74) is 6.87. The highest BCUT2D eigenvalue weighted by atomic mass is 16.5. The van der Waals surface area contributed by atoms with Crippen LogP contribution in [-0.2, 0) is 6.54 Å². The molecule has 0 radical (unpaired) electrons. The summed E-state index contributed by atoms with van der Waals surface area (Å²) in [7, 11) is 2.13. The topological polar surface area (TPSA) is 102 Å². The molecule has 0 unspecified atom stereocenters. The summed E-state index contributed by atoms with van der Waals surface area (Å²) in [6, 6.07) is -0.0792. The third kappa shape index (κ3) is 4.97. The molecule has 2 aromatic rings. The number of nitrogens with two attached hydrogens (primary N) is 1. The van der Waals surface area contributed by atoms with Gasteiger partial charge in [0, 0.05) is 12.1 Å². The Balaban J connectivity index is 2.12. The van der Waals surface area contributed by atoms with E-state index in [0.717, 1.165) is 32.2 Å². The lowest BCUT2D eigenvalue weighted by atomic mass is 10.1. The van der Waals surface area contributed by atoms with E-state index < -0.39 is 0 Å². The third-order valence-corrected chi connectivity index (χ3v) is 4.58. The van der Waals surface area contributed by atoms with E-state index in [0.29, 0.717) is 30.2 Å². The predicted octanol–water partition coefficient (Wildman–Crippen LogP) is 2.80. The minimum atomic E-state index is -0.0792. The Morgan fingerprint density at radius 3 is 2.54 bits per heavy atom. The Morgan fingerprint density at radius 2 is 1.88 bits per heavy atom. The number of nitrogen functional groups attached to an aromatic ring is 1. The summed E-state index contributed by atoms with van der Waals surface area (Å²) in [4.78, 5) is 14.8. The molecule has 0 saturated carbocycles. The van der Waals surface area contributed by atoms with Gasteiger partial charge in [0.15, 0.2) is 11.2 Å². The van der Waals surface area contributed by atoms with E-state index in [1.165, 1.54) is 0 Å². The van der Waals surface area contributed by atoms with Crippen molar-refractivity contribution >= 4 is 17.1 Å². The van der Waals surface area contributed by atoms with Crippen LogP contribution in [0.25, 0.3) is 11.2 Å². The lowest BCUT2D eigenvalue weighted by Crippen LogP contribution is -2.38. The van der Waals surface area contributed by atoms with Crippen molar-refractivity contribution in [1.82, 2.24) is 24.4 Å². The van der Waals surface area contributed by atoms with Gasteiger partial charge in [-0.05, 0) is 53.6 Å². The number of imidazole rings is 1. The van der Waals surface area contributed by atoms with Crippen LogP contribution in [-0.4, -0.2) is 55.3 Å². The molecule has 3 N–H and O–H groups in total. The van der Waals surface area contributed by atoms with Crippen LogP contribution in [0.15, 0.2) is 0 Å². The molecule has 0 saturated heterocycles. The molecule has 146 valence electrons. The van der Waals surface area contributed by atoms with E-state index in [-0.39, 0.29) is 17.5 Å². The second kappa shape index (κ2) is 8.53. The zero-order valence-corrected chi connectivity index (χ0v) is 16.6. The van der Waals surface area contributed by atoms with Gasteiger partial charge in [-0.1, -0.05) is 13.3 Å². The Hall–Kier alpha value is -2.09. The van der Waals surface area contributed by atoms with Crippen LogP contribution in [0.3, 0.4) is 0 Å². The SMILES string of the molecule is CCCCOc1nc(N)nc2nc(O)n(CCCCN(C)C(C)(C)C)c12. The molecular formula is C18H32N6O2. The molecule has 2 rings (SSSR count). The number of aryl methyl sites for hydroxylation is 1. The number of nitrogens with zero attached hydrogens (tertiary/aromatic N) is 5. The van der Waals surface area contributed by atoms with Crippen molar-refractivity contribution < 1.29 is 9.84 Å². The van der Waals surface area contributed by atoms with E-state index in [9.17, 15) is 5.11 Å². The van der Waals surface area contributed by atoms with Gasteiger partial charge in [-0.3, -0.25) is 4.57 Å². The number of aromatic hydroxyl groups is 1. The lowest BCUT2D eigenvalue weighted by molar-refractivity contribution is 0.172. The fraction of sp³-hybridized carbons (Fsp3) is 0.722. The third-order valence-electron chi connectivity index (χ3n) is 4.58. The monoisotopic (exact) mass is 364 g/mol. The van der Waals surface area contributed by atoms with E-state index in [2.05, 4.69) is 54.6 Å². The average Bonchev–Trinajstić information content (AvgIpc) is 2.85. The number of hydrogen-bond acceptors (Lipinski definition) is 7. The highest BCUT2D eigenvalue weighted by molar-refractivity contribution is 5.79. The minimum absolute atomic E-state index is 0.0792. The van der Waals surface area contributed by atoms with Gasteiger partial charge in [-0.15, -0.1) is 0 Å². The van der Waals surface area contributed by atoms with E-state index in [4.69, 9.17) is 10.5 Å². The molecule has 0 aliphatic carbocycles. The smallest absolute Gasteiger partial charge is 0.296 e. The molecule has 0 spiro atoms. The normalized spacial score (nSPS) is 12.2. The quantitative estimate of drug-likeness (QED) is 0.660. The van der Waals surface area contributed by atoms with E-state index >= 15 is 0 Å². The van der Waals surface area contributed by atoms with Crippen molar-refractivity contribution in [2.75, 3.05) is 25.9 Å². The molecule has 2 heterocycles. The summed E-state index contributed by atoms with van der Waals surface area (Å²) >= 11 is 0. The van der Waals surface area contributed by atoms with Crippen molar-refractivity contribution in [3.05, 3.63) is 0 Å². The summed E-state index contributed by atoms with van der Waals surface area (Å²) in [6.45, 7) is 10.8. The number of rotatable bonds is 9. The van der Waals surface area contributed by atoms with Gasteiger partial charge >= 0.3 is 0 Å². The molecule has 0 amide bonds. The molecule has 0 fully saturated rings. The van der Waals surface area contributed by atoms with Crippen molar-refractivity contribution in [3.8, 4) is 11.9 Å². The maximum Gasteiger partial charge on any atom is 0.296 e. The second-order valence-corrected chi connectivity index (χ2v) is 7.62. The van der Waals surface area contributed by atoms with Gasteiger partial charge < -0.3 is 20.5 Å². The lowest BCUT2D eigenvalue weighted by Gasteiger charge is -2.31. The number of ether oxygens (including phenoxy) is 1. The van der Waals surface area contributed by atoms with Gasteiger partial charge in [0.2, 0.25) is 11.8 Å². The molecule has 0 bridgehead atoms. The number of hydrogen-bond donors (Lipinski definition) is 2. The standard InChI is InChI=1S/C18H32N6O2/c1-6-7-12-26-15-13-14(20-16(19)22-15)21-17(25)24(13)11-9-8-10-23(5)18(2,3)4/h6-12H2,1-5H3,(H3,19,20,21,22,25). The van der Waals surface area contributed by atoms with Crippen LogP contribution < -0.4 is 10.5 Å². The minimum Gasteiger partial charge on any atom is -0.480 e. The van der Waals surface area contributed by atoms with Crippen LogP contribution in [0.2, 0.25) is 0 Å². The van der Waals surface area contributed by atoms with Gasteiger partial charge in [-0.2, -0.15) is 15.0 Å². The first-order valence-electron chi connectivity index (χ1n) is 9.30. The molecule has 26 heavy (non-hydrogen) atoms. The fourth-order valence-electron chi connectivity index (χ4n) is 2.59. The van der Waals surface area contributed by atoms with Crippen LogP contribution in [0.5, 0.6) is 11.9 Å². The van der Waals surface area contributed by atoms with Gasteiger partial charge in [0.25, 0.3) is 6.01 Å². The summed E-state index contributed by atoms with van der Waals surface area (Å²) in [6.07, 6.45) is 3.85. The van der Waals surface area contributed by atoms with Crippen molar-refractivity contribution in [1.29, 1.82) is 0 Å². The first-order chi connectivity index (χ1) is 12.2. The Morgan fingerprint density at radius 1 is 1.15 bits per heavy atom. The summed E-state index contributed by atoms with van der Waals surface area (Å²) in [5.74, 6) is 0.487. The highest BCUT2D eigenvalue weighted by Gasteiger charge is 2.19. The van der Waals surface area contributed by atoms with Crippen LogP contribution in [0.1, 0.15) is 53.4 Å². The molecule has 2 aromatic heterocycles. The number of anilines is 1. The zero-order chi connectivity index (χ0) is 19.3. The molecule has 0 aromatic carbocycles. The van der Waals surface area contributed by atoms with Crippen LogP contribution in [0, 0.1) is 0 Å². The van der Waals surface area contributed by atoms with Crippen LogP contribution >= 0.6 is 0 Å². The second-order valence-electron chi connectivity index (χ2n) is 7.62. The van der Waals surface area contributed by atoms with Crippen molar-refractivity contribution in [2.45, 2.75) is 65.5 Å². The molecule has 8 nitrogen and oxygen atoms in total. The first kappa shape index (κ1) is 20.2. The summed E-state index contributed by atoms with van der Waals surface area (Å²) in [5, 5.41) is 10.2. The average molecular weight is 364 g/mol. The van der Waals surface area contributed by atoms with Gasteiger partial charge in [0.1, 0.15) is 0 Å². The molecular weight excluding hydrogens is 332 g/mol. The predicted molar refractivity (Wildman–Crippen MR) is 103 cm³/mol. The first-order valence-corrected chi connectivity index (χ1v) is 9.30. The molecule has 0 aliphatic heterocycles. The number of fused-ring (bicyclic) bond motifs is 1. The summed E-state index contributed by atoms with van der Waals surface area (Å²) < 4.78 is 7.49. The van der Waals surface area contributed by atoms with Gasteiger partial charge in [0.05, 0.1) is 6.61 Å². The Bertz CT molecular complexity index is 723. The maximum absolute atomic E-state index is 10.2. The van der Waals surface area contributed by atoms with Crippen molar-refractivity contribution in [3.63, 3.8) is 0 Å². The van der Waals surface area contributed by atoms with E-state index in [1.54, 1.807) is 4.57 Å². The Labute approximate surface area is 155 Å². The number of aromatic nitrogens is 4. The van der Waals surface area contributed by atoms with Crippen molar-refractivity contribution in [2.24, 2.45) is 0 Å². The maximum atomic E-state index is 10.2. The van der Waals surface area contributed by atoms with Gasteiger partial charge in [-0.25, -0.2) is 0 Å². The largest absolute Gasteiger partial charge is 0.480 e. The highest BCUT2D eigenvalue weighted by Crippen LogP contribution is 2.28.